The highest BCUT2D eigenvalue weighted by molar-refractivity contribution is 7.19. The minimum atomic E-state index is 0.573. The summed E-state index contributed by atoms with van der Waals surface area (Å²) in [7, 11) is 0. The van der Waals surface area contributed by atoms with Gasteiger partial charge in [0.2, 0.25) is 0 Å². The summed E-state index contributed by atoms with van der Waals surface area (Å²) < 4.78 is 1.23. The lowest BCUT2D eigenvalue weighted by atomic mass is 9.83. The van der Waals surface area contributed by atoms with E-state index in [1.54, 1.807) is 22.7 Å². The first kappa shape index (κ1) is 16.4. The van der Waals surface area contributed by atoms with E-state index >= 15 is 0 Å². The monoisotopic (exact) mass is 389 g/mol. The lowest BCUT2D eigenvalue weighted by Gasteiger charge is -2.22. The van der Waals surface area contributed by atoms with Crippen LogP contribution in [0, 0.1) is 11.8 Å². The average molecular weight is 390 g/mol. The standard InChI is InChI=1S/C20H15N5S2/c1-2-14(3-1)17-12-26-20(21-17)9-5-13-4-7-18-15(10-13)11-16(27-18)6-8-19-22-24-25-23-19/h4,6-8,10-12,14H,1-3H2,(H,22,23,24,25)/b8-6+. The number of benzene rings is 1. The molecule has 132 valence electrons. The number of aromatic nitrogens is 5. The Hall–Kier alpha value is -2.82. The Balaban J connectivity index is 1.36. The van der Waals surface area contributed by atoms with E-state index in [1.165, 1.54) is 35.0 Å². The minimum Gasteiger partial charge on any atom is -0.232 e. The van der Waals surface area contributed by atoms with Gasteiger partial charge in [-0.15, -0.1) is 32.9 Å². The molecule has 0 bridgehead atoms. The Morgan fingerprint density at radius 2 is 2.11 bits per heavy atom. The molecule has 1 N–H and O–H groups in total. The minimum absolute atomic E-state index is 0.573. The van der Waals surface area contributed by atoms with Gasteiger partial charge in [-0.1, -0.05) is 12.3 Å². The van der Waals surface area contributed by atoms with Crippen LogP contribution in [-0.4, -0.2) is 25.6 Å². The zero-order chi connectivity index (χ0) is 18.1. The second kappa shape index (κ2) is 7.06. The molecule has 0 amide bonds. The lowest BCUT2D eigenvalue weighted by molar-refractivity contribution is 0.412. The number of rotatable bonds is 3. The Kier molecular flexibility index (Phi) is 4.28. The number of thiophene rings is 1. The summed E-state index contributed by atoms with van der Waals surface area (Å²) >= 11 is 3.37. The number of nitrogens with one attached hydrogen (secondary N) is 1. The summed E-state index contributed by atoms with van der Waals surface area (Å²) in [5.74, 6) is 7.71. The van der Waals surface area contributed by atoms with Gasteiger partial charge < -0.3 is 0 Å². The van der Waals surface area contributed by atoms with Crippen molar-refractivity contribution in [3.05, 3.63) is 56.6 Å². The molecule has 0 atom stereocenters. The maximum absolute atomic E-state index is 4.68. The fourth-order valence-corrected chi connectivity index (χ4v) is 4.67. The summed E-state index contributed by atoms with van der Waals surface area (Å²) in [4.78, 5) is 5.82. The number of nitrogens with zero attached hydrogens (tertiary/aromatic N) is 4. The second-order valence-electron chi connectivity index (χ2n) is 6.46. The lowest BCUT2D eigenvalue weighted by Crippen LogP contribution is -2.08. The molecule has 1 aromatic carbocycles. The van der Waals surface area contributed by atoms with Crippen LogP contribution >= 0.6 is 22.7 Å². The number of thiazole rings is 1. The third kappa shape index (κ3) is 3.54. The van der Waals surface area contributed by atoms with Gasteiger partial charge in [0.1, 0.15) is 0 Å². The van der Waals surface area contributed by atoms with Gasteiger partial charge in [0.25, 0.3) is 0 Å². The van der Waals surface area contributed by atoms with E-state index in [1.807, 2.05) is 12.2 Å². The molecular formula is C20H15N5S2. The number of hydrogen-bond donors (Lipinski definition) is 1. The van der Waals surface area contributed by atoms with E-state index in [0.717, 1.165) is 15.4 Å². The molecule has 3 heterocycles. The fraction of sp³-hybridized carbons (Fsp3) is 0.200. The first-order valence-corrected chi connectivity index (χ1v) is 10.5. The van der Waals surface area contributed by atoms with Gasteiger partial charge in [0, 0.05) is 26.4 Å². The maximum atomic E-state index is 4.68. The number of fused-ring (bicyclic) bond motifs is 1. The predicted molar refractivity (Wildman–Crippen MR) is 110 cm³/mol. The van der Waals surface area contributed by atoms with E-state index < -0.39 is 0 Å². The summed E-state index contributed by atoms with van der Waals surface area (Å²) in [6, 6.07) is 8.47. The first-order valence-electron chi connectivity index (χ1n) is 8.76. The van der Waals surface area contributed by atoms with Gasteiger partial charge in [-0.05, 0) is 65.8 Å². The molecule has 1 fully saturated rings. The molecular weight excluding hydrogens is 374 g/mol. The molecule has 0 saturated heterocycles. The highest BCUT2D eigenvalue weighted by Gasteiger charge is 2.21. The SMILES string of the molecule is C(#Cc1nc(C2CCC2)cs1)c1ccc2sc(/C=C/c3nn[nH]n3)cc2c1. The Bertz CT molecular complexity index is 1170. The number of hydrogen-bond acceptors (Lipinski definition) is 6. The molecule has 4 aromatic rings. The molecule has 0 spiro atoms. The number of aromatic amines is 1. The van der Waals surface area contributed by atoms with Crippen LogP contribution in [0.2, 0.25) is 0 Å². The van der Waals surface area contributed by atoms with Crippen molar-refractivity contribution in [2.45, 2.75) is 25.2 Å². The van der Waals surface area contributed by atoms with Gasteiger partial charge in [-0.2, -0.15) is 5.21 Å². The molecule has 0 unspecified atom stereocenters. The molecule has 1 aliphatic carbocycles. The van der Waals surface area contributed by atoms with Gasteiger partial charge >= 0.3 is 0 Å². The largest absolute Gasteiger partial charge is 0.232 e. The fourth-order valence-electron chi connectivity index (χ4n) is 2.98. The van der Waals surface area contributed by atoms with Crippen molar-refractivity contribution in [2.75, 3.05) is 0 Å². The van der Waals surface area contributed by atoms with Crippen LogP contribution in [0.25, 0.3) is 22.2 Å². The quantitative estimate of drug-likeness (QED) is 0.515. The zero-order valence-corrected chi connectivity index (χ0v) is 16.0. The van der Waals surface area contributed by atoms with Crippen LogP contribution in [0.4, 0.5) is 0 Å². The van der Waals surface area contributed by atoms with Gasteiger partial charge in [-0.25, -0.2) is 4.98 Å². The molecule has 0 aliphatic heterocycles. The molecule has 0 radical (unpaired) electrons. The van der Waals surface area contributed by atoms with Crippen LogP contribution in [0.3, 0.4) is 0 Å². The van der Waals surface area contributed by atoms with Crippen molar-refractivity contribution in [1.82, 2.24) is 25.6 Å². The van der Waals surface area contributed by atoms with Crippen molar-refractivity contribution < 1.29 is 0 Å². The van der Waals surface area contributed by atoms with Crippen LogP contribution < -0.4 is 0 Å². The molecule has 1 saturated carbocycles. The van der Waals surface area contributed by atoms with Crippen molar-refractivity contribution in [3.8, 4) is 11.8 Å². The topological polar surface area (TPSA) is 67.3 Å². The summed E-state index contributed by atoms with van der Waals surface area (Å²) in [6.45, 7) is 0. The van der Waals surface area contributed by atoms with Crippen LogP contribution in [0.1, 0.15) is 52.1 Å². The predicted octanol–water partition coefficient (Wildman–Crippen LogP) is 4.71. The summed E-state index contributed by atoms with van der Waals surface area (Å²) in [6.07, 6.45) is 7.72. The van der Waals surface area contributed by atoms with Gasteiger partial charge in [0.05, 0.1) is 5.69 Å². The van der Waals surface area contributed by atoms with E-state index in [4.69, 9.17) is 0 Å². The molecule has 5 nitrogen and oxygen atoms in total. The second-order valence-corrected chi connectivity index (χ2v) is 8.43. The molecule has 27 heavy (non-hydrogen) atoms. The molecule has 7 heteroatoms. The zero-order valence-electron chi connectivity index (χ0n) is 14.3. The highest BCUT2D eigenvalue weighted by atomic mass is 32.1. The third-order valence-corrected chi connectivity index (χ3v) is 6.51. The van der Waals surface area contributed by atoms with Crippen molar-refractivity contribution >= 4 is 44.9 Å². The van der Waals surface area contributed by atoms with Crippen molar-refractivity contribution in [1.29, 1.82) is 0 Å². The van der Waals surface area contributed by atoms with E-state index in [9.17, 15) is 0 Å². The van der Waals surface area contributed by atoms with Crippen molar-refractivity contribution in [2.24, 2.45) is 0 Å². The summed E-state index contributed by atoms with van der Waals surface area (Å²) in [5.41, 5.74) is 2.23. The van der Waals surface area contributed by atoms with Crippen molar-refractivity contribution in [3.63, 3.8) is 0 Å². The van der Waals surface area contributed by atoms with Crippen LogP contribution in [0.15, 0.2) is 29.6 Å². The molecule has 1 aliphatic rings. The third-order valence-electron chi connectivity index (χ3n) is 4.65. The van der Waals surface area contributed by atoms with Gasteiger partial charge in [-0.3, -0.25) is 0 Å². The smallest absolute Gasteiger partial charge is 0.197 e. The summed E-state index contributed by atoms with van der Waals surface area (Å²) in [5, 5.41) is 18.1. The molecule has 5 rings (SSSR count). The van der Waals surface area contributed by atoms with E-state index in [2.05, 4.69) is 67.1 Å². The van der Waals surface area contributed by atoms with Gasteiger partial charge in [0.15, 0.2) is 10.8 Å². The Morgan fingerprint density at radius 1 is 1.15 bits per heavy atom. The number of H-pyrrole nitrogens is 1. The van der Waals surface area contributed by atoms with Crippen LogP contribution in [0.5, 0.6) is 0 Å². The highest BCUT2D eigenvalue weighted by Crippen LogP contribution is 2.36. The normalized spacial score (nSPS) is 14.4. The number of tetrazole rings is 1. The Labute approximate surface area is 164 Å². The Morgan fingerprint density at radius 3 is 2.93 bits per heavy atom. The molecule has 3 aromatic heterocycles. The first-order chi connectivity index (χ1) is 13.3. The van der Waals surface area contributed by atoms with E-state index in [-0.39, 0.29) is 0 Å². The average Bonchev–Trinajstić information content (AvgIpc) is 3.37. The van der Waals surface area contributed by atoms with Crippen LogP contribution in [-0.2, 0) is 0 Å². The van der Waals surface area contributed by atoms with E-state index in [0.29, 0.717) is 11.7 Å². The maximum Gasteiger partial charge on any atom is 0.197 e.